The second-order valence-corrected chi connectivity index (χ2v) is 10.2. The van der Waals surface area contributed by atoms with E-state index in [1.54, 1.807) is 0 Å². The van der Waals surface area contributed by atoms with E-state index in [0.717, 1.165) is 0 Å². The van der Waals surface area contributed by atoms with Gasteiger partial charge in [0.1, 0.15) is 0 Å². The highest BCUT2D eigenvalue weighted by Gasteiger charge is 2.36. The van der Waals surface area contributed by atoms with Gasteiger partial charge in [0.25, 0.3) is 10.1 Å². The average molecular weight is 377 g/mol. The number of hydrogen-bond acceptors (Lipinski definition) is 8. The molecule has 0 spiro atoms. The molecule has 0 radical (unpaired) electrons. The summed E-state index contributed by atoms with van der Waals surface area (Å²) in [5.41, 5.74) is 0. The van der Waals surface area contributed by atoms with Crippen molar-refractivity contribution in [1.29, 1.82) is 0 Å². The standard InChI is InChI=1S/C11H24O8S2Si/c1-16-22(17-2,18-3)10-4-6-19-11(12)5-7-20-8-9-21(13,14)15/h4-10H2,1-3H3,(H,13,14,15). The zero-order valence-electron chi connectivity index (χ0n) is 13.1. The number of ether oxygens (including phenoxy) is 1. The van der Waals surface area contributed by atoms with Crippen LogP contribution in [0.5, 0.6) is 0 Å². The number of rotatable bonds is 13. The molecule has 22 heavy (non-hydrogen) atoms. The van der Waals surface area contributed by atoms with Crippen LogP contribution < -0.4 is 0 Å². The molecule has 0 bridgehead atoms. The van der Waals surface area contributed by atoms with Crippen molar-refractivity contribution in [2.45, 2.75) is 18.9 Å². The Morgan fingerprint density at radius 2 is 1.73 bits per heavy atom. The normalized spacial score (nSPS) is 12.4. The van der Waals surface area contributed by atoms with Gasteiger partial charge in [0.05, 0.1) is 18.8 Å². The highest BCUT2D eigenvalue weighted by Crippen LogP contribution is 2.15. The molecule has 0 aliphatic rings. The summed E-state index contributed by atoms with van der Waals surface area (Å²) in [5.74, 6) is 0.0282. The predicted molar refractivity (Wildman–Crippen MR) is 85.5 cm³/mol. The lowest BCUT2D eigenvalue weighted by Gasteiger charge is -2.24. The van der Waals surface area contributed by atoms with Gasteiger partial charge in [0.15, 0.2) is 0 Å². The molecule has 0 aromatic carbocycles. The third-order valence-electron chi connectivity index (χ3n) is 2.76. The van der Waals surface area contributed by atoms with Crippen molar-refractivity contribution in [2.24, 2.45) is 0 Å². The molecular formula is C11H24O8S2Si. The van der Waals surface area contributed by atoms with E-state index in [4.69, 9.17) is 22.6 Å². The second kappa shape index (κ2) is 11.4. The molecule has 8 nitrogen and oxygen atoms in total. The first kappa shape index (κ1) is 21.8. The first-order valence-corrected chi connectivity index (χ1v) is 11.3. The number of thioether (sulfide) groups is 1. The van der Waals surface area contributed by atoms with Crippen LogP contribution in [0.3, 0.4) is 0 Å². The van der Waals surface area contributed by atoms with Gasteiger partial charge in [-0.05, 0) is 6.42 Å². The Morgan fingerprint density at radius 3 is 2.23 bits per heavy atom. The van der Waals surface area contributed by atoms with Crippen molar-refractivity contribution in [1.82, 2.24) is 0 Å². The van der Waals surface area contributed by atoms with Gasteiger partial charge in [-0.25, -0.2) is 0 Å². The van der Waals surface area contributed by atoms with Gasteiger partial charge < -0.3 is 18.0 Å². The van der Waals surface area contributed by atoms with E-state index in [0.29, 0.717) is 18.2 Å². The Kier molecular flexibility index (Phi) is 11.3. The molecular weight excluding hydrogens is 352 g/mol. The Hall–Kier alpha value is -0.173. The van der Waals surface area contributed by atoms with Crippen molar-refractivity contribution in [3.8, 4) is 0 Å². The van der Waals surface area contributed by atoms with Crippen LogP contribution in [0.1, 0.15) is 12.8 Å². The van der Waals surface area contributed by atoms with Crippen LogP contribution in [0, 0.1) is 0 Å². The zero-order valence-corrected chi connectivity index (χ0v) is 15.7. The van der Waals surface area contributed by atoms with Crippen molar-refractivity contribution in [3.05, 3.63) is 0 Å². The summed E-state index contributed by atoms with van der Waals surface area (Å²) in [6.07, 6.45) is 0.765. The summed E-state index contributed by atoms with van der Waals surface area (Å²) < 4.78 is 50.3. The molecule has 0 unspecified atom stereocenters. The Labute approximate surface area is 137 Å². The summed E-state index contributed by atoms with van der Waals surface area (Å²) in [6.45, 7) is 0.249. The van der Waals surface area contributed by atoms with E-state index in [1.165, 1.54) is 33.1 Å². The number of carbonyl (C=O) groups is 1. The van der Waals surface area contributed by atoms with Gasteiger partial charge in [-0.3, -0.25) is 9.35 Å². The molecule has 0 fully saturated rings. The van der Waals surface area contributed by atoms with Crippen molar-refractivity contribution < 1.29 is 35.8 Å². The molecule has 0 aromatic rings. The van der Waals surface area contributed by atoms with E-state index in [9.17, 15) is 13.2 Å². The largest absolute Gasteiger partial charge is 0.500 e. The van der Waals surface area contributed by atoms with Crippen LogP contribution in [0.2, 0.25) is 6.04 Å². The van der Waals surface area contributed by atoms with Gasteiger partial charge >= 0.3 is 14.8 Å². The molecule has 0 heterocycles. The fraction of sp³-hybridized carbons (Fsp3) is 0.909. The van der Waals surface area contributed by atoms with Crippen LogP contribution in [-0.2, 0) is 32.9 Å². The van der Waals surface area contributed by atoms with Gasteiger partial charge in [0, 0.05) is 38.9 Å². The van der Waals surface area contributed by atoms with Gasteiger partial charge in [-0.2, -0.15) is 20.2 Å². The minimum atomic E-state index is -3.93. The van der Waals surface area contributed by atoms with E-state index in [1.807, 2.05) is 0 Å². The topological polar surface area (TPSA) is 108 Å². The quantitative estimate of drug-likeness (QED) is 0.216. The molecule has 0 rings (SSSR count). The van der Waals surface area contributed by atoms with Crippen LogP contribution >= 0.6 is 11.8 Å². The molecule has 0 aromatic heterocycles. The average Bonchev–Trinajstić information content (AvgIpc) is 2.47. The lowest BCUT2D eigenvalue weighted by atomic mass is 10.5. The lowest BCUT2D eigenvalue weighted by molar-refractivity contribution is -0.143. The maximum Gasteiger partial charge on any atom is 0.500 e. The predicted octanol–water partition coefficient (Wildman–Crippen LogP) is 0.809. The number of carbonyl (C=O) groups excluding carboxylic acids is 1. The smallest absolute Gasteiger partial charge is 0.466 e. The minimum Gasteiger partial charge on any atom is -0.466 e. The molecule has 11 heteroatoms. The third-order valence-corrected chi connectivity index (χ3v) is 7.56. The molecule has 0 saturated carbocycles. The van der Waals surface area contributed by atoms with E-state index >= 15 is 0 Å². The maximum absolute atomic E-state index is 11.5. The fourth-order valence-electron chi connectivity index (χ4n) is 1.52. The Balaban J connectivity index is 3.70. The molecule has 0 amide bonds. The fourth-order valence-corrected chi connectivity index (χ4v) is 5.04. The van der Waals surface area contributed by atoms with Gasteiger partial charge in [0.2, 0.25) is 0 Å². The number of esters is 1. The van der Waals surface area contributed by atoms with Gasteiger partial charge in [-0.15, -0.1) is 0 Å². The van der Waals surface area contributed by atoms with Crippen LogP contribution in [0.15, 0.2) is 0 Å². The highest BCUT2D eigenvalue weighted by atomic mass is 32.2. The molecule has 0 aliphatic carbocycles. The summed E-state index contributed by atoms with van der Waals surface area (Å²) in [4.78, 5) is 11.5. The summed E-state index contributed by atoms with van der Waals surface area (Å²) in [5, 5.41) is 0. The molecule has 0 aliphatic heterocycles. The van der Waals surface area contributed by atoms with E-state index in [2.05, 4.69) is 0 Å². The van der Waals surface area contributed by atoms with Crippen LogP contribution in [0.4, 0.5) is 0 Å². The zero-order chi connectivity index (χ0) is 17.1. The summed E-state index contributed by atoms with van der Waals surface area (Å²) in [7, 11) is -1.98. The SMILES string of the molecule is CO[Si](CCCOC(=O)CCSCCS(=O)(=O)O)(OC)OC. The second-order valence-electron chi connectivity index (χ2n) is 4.27. The molecule has 0 saturated heterocycles. The molecule has 0 atom stereocenters. The monoisotopic (exact) mass is 376 g/mol. The molecule has 1 N–H and O–H groups in total. The highest BCUT2D eigenvalue weighted by molar-refractivity contribution is 8.00. The van der Waals surface area contributed by atoms with Crippen molar-refractivity contribution in [2.75, 3.05) is 45.2 Å². The van der Waals surface area contributed by atoms with Crippen LogP contribution in [-0.4, -0.2) is 72.9 Å². The van der Waals surface area contributed by atoms with E-state index < -0.39 is 18.9 Å². The number of hydrogen-bond donors (Lipinski definition) is 1. The van der Waals surface area contributed by atoms with E-state index in [-0.39, 0.29) is 30.5 Å². The molecule has 132 valence electrons. The van der Waals surface area contributed by atoms with Crippen molar-refractivity contribution >= 4 is 36.7 Å². The summed E-state index contributed by atoms with van der Waals surface area (Å²) in [6, 6.07) is 0.549. The van der Waals surface area contributed by atoms with Gasteiger partial charge in [-0.1, -0.05) is 0 Å². The Bertz CT molecular complexity index is 402. The third kappa shape index (κ3) is 10.5. The maximum atomic E-state index is 11.5. The minimum absolute atomic E-state index is 0.192. The summed E-state index contributed by atoms with van der Waals surface area (Å²) >= 11 is 1.27. The van der Waals surface area contributed by atoms with Crippen LogP contribution in [0.25, 0.3) is 0 Å². The Morgan fingerprint density at radius 1 is 1.14 bits per heavy atom. The lowest BCUT2D eigenvalue weighted by Crippen LogP contribution is -2.42. The van der Waals surface area contributed by atoms with Crippen molar-refractivity contribution in [3.63, 3.8) is 0 Å². The first-order valence-electron chi connectivity index (χ1n) is 6.62. The first-order chi connectivity index (χ1) is 10.3.